The van der Waals surface area contributed by atoms with Gasteiger partial charge in [-0.15, -0.1) is 0 Å². The van der Waals surface area contributed by atoms with E-state index in [1.54, 1.807) is 18.2 Å². The van der Waals surface area contributed by atoms with Crippen molar-refractivity contribution in [2.75, 3.05) is 18.4 Å². The number of nitrogens with zero attached hydrogens (tertiary/aromatic N) is 2. The van der Waals surface area contributed by atoms with E-state index < -0.39 is 10.0 Å². The van der Waals surface area contributed by atoms with Gasteiger partial charge in [0.2, 0.25) is 15.9 Å². The Morgan fingerprint density at radius 2 is 1.87 bits per heavy atom. The summed E-state index contributed by atoms with van der Waals surface area (Å²) in [5.74, 6) is -0.177. The molecule has 9 heteroatoms. The Morgan fingerprint density at radius 1 is 1.13 bits per heavy atom. The van der Waals surface area contributed by atoms with Crippen molar-refractivity contribution in [2.24, 2.45) is 0 Å². The van der Waals surface area contributed by atoms with Crippen molar-refractivity contribution in [3.8, 4) is 0 Å². The van der Waals surface area contributed by atoms with Crippen LogP contribution >= 0.6 is 11.3 Å². The van der Waals surface area contributed by atoms with Gasteiger partial charge in [0.25, 0.3) is 0 Å². The zero-order valence-corrected chi connectivity index (χ0v) is 18.3. The minimum atomic E-state index is -3.53. The van der Waals surface area contributed by atoms with Crippen LogP contribution in [0.5, 0.6) is 0 Å². The number of sulfonamides is 1. The standard InChI is InChI=1S/C21H23N3O4S2/c1-15-6-2-3-7-17(15)22-20(25)10-13-24-18-9-8-16(14-19(18)29-21(24)26)30(27,28)23-11-4-5-12-23/h2-3,6-9,14H,4-5,10-13H2,1H3,(H,22,25). The summed E-state index contributed by atoms with van der Waals surface area (Å²) in [5, 5.41) is 2.86. The van der Waals surface area contributed by atoms with Crippen molar-refractivity contribution in [2.45, 2.75) is 37.6 Å². The van der Waals surface area contributed by atoms with E-state index >= 15 is 0 Å². The molecule has 158 valence electrons. The van der Waals surface area contributed by atoms with Crippen molar-refractivity contribution in [1.29, 1.82) is 0 Å². The Labute approximate surface area is 179 Å². The van der Waals surface area contributed by atoms with Crippen LogP contribution < -0.4 is 10.2 Å². The van der Waals surface area contributed by atoms with Crippen molar-refractivity contribution >= 4 is 43.2 Å². The third-order valence-corrected chi connectivity index (χ3v) is 8.16. The molecule has 1 aromatic heterocycles. The van der Waals surface area contributed by atoms with Crippen LogP contribution in [-0.2, 0) is 21.4 Å². The number of hydrogen-bond acceptors (Lipinski definition) is 5. The molecule has 4 rings (SSSR count). The van der Waals surface area contributed by atoms with Crippen LogP contribution in [0.1, 0.15) is 24.8 Å². The lowest BCUT2D eigenvalue weighted by atomic mass is 10.2. The highest BCUT2D eigenvalue weighted by Crippen LogP contribution is 2.26. The van der Waals surface area contributed by atoms with Crippen LogP contribution in [0.15, 0.2) is 52.2 Å². The fourth-order valence-electron chi connectivity index (χ4n) is 3.64. The van der Waals surface area contributed by atoms with Gasteiger partial charge in [-0.1, -0.05) is 29.5 Å². The molecule has 1 saturated heterocycles. The fraction of sp³-hybridized carbons (Fsp3) is 0.333. The van der Waals surface area contributed by atoms with Crippen molar-refractivity contribution in [3.05, 3.63) is 57.7 Å². The molecule has 1 aliphatic heterocycles. The monoisotopic (exact) mass is 445 g/mol. The molecule has 0 spiro atoms. The topological polar surface area (TPSA) is 88.5 Å². The third kappa shape index (κ3) is 4.05. The van der Waals surface area contributed by atoms with Gasteiger partial charge in [-0.25, -0.2) is 8.42 Å². The van der Waals surface area contributed by atoms with Crippen LogP contribution in [0.2, 0.25) is 0 Å². The predicted molar refractivity (Wildman–Crippen MR) is 119 cm³/mol. The van der Waals surface area contributed by atoms with E-state index in [0.717, 1.165) is 35.4 Å². The van der Waals surface area contributed by atoms with Gasteiger partial charge in [-0.2, -0.15) is 4.31 Å². The Morgan fingerprint density at radius 3 is 2.60 bits per heavy atom. The first-order valence-corrected chi connectivity index (χ1v) is 12.1. The summed E-state index contributed by atoms with van der Waals surface area (Å²) < 4.78 is 29.2. The summed E-state index contributed by atoms with van der Waals surface area (Å²) in [6.07, 6.45) is 1.89. The van der Waals surface area contributed by atoms with Crippen molar-refractivity contribution in [1.82, 2.24) is 8.87 Å². The van der Waals surface area contributed by atoms with Gasteiger partial charge in [0.05, 0.1) is 15.1 Å². The number of thiazole rings is 1. The number of amides is 1. The molecular formula is C21H23N3O4S2. The normalized spacial score (nSPS) is 15.0. The molecule has 1 N–H and O–H groups in total. The van der Waals surface area contributed by atoms with E-state index in [1.807, 2.05) is 31.2 Å². The molecule has 1 aliphatic rings. The first-order valence-electron chi connectivity index (χ1n) is 9.85. The molecule has 0 radical (unpaired) electrons. The quantitative estimate of drug-likeness (QED) is 0.631. The number of carbonyl (C=O) groups excluding carboxylic acids is 1. The SMILES string of the molecule is Cc1ccccc1NC(=O)CCn1c(=O)sc2cc(S(=O)(=O)N3CCCC3)ccc21. The molecule has 0 saturated carbocycles. The smallest absolute Gasteiger partial charge is 0.308 e. The second-order valence-electron chi connectivity index (χ2n) is 7.37. The number of aryl methyl sites for hydroxylation is 2. The Bertz CT molecular complexity index is 1250. The maximum atomic E-state index is 12.8. The molecule has 1 amide bonds. The number of carbonyl (C=O) groups is 1. The summed E-state index contributed by atoms with van der Waals surface area (Å²) in [7, 11) is -3.53. The van der Waals surface area contributed by atoms with Gasteiger partial charge in [0.1, 0.15) is 0 Å². The first-order chi connectivity index (χ1) is 14.4. The molecular weight excluding hydrogens is 422 g/mol. The summed E-state index contributed by atoms with van der Waals surface area (Å²) in [4.78, 5) is 24.8. The zero-order valence-electron chi connectivity index (χ0n) is 16.6. The fourth-order valence-corrected chi connectivity index (χ4v) is 6.21. The lowest BCUT2D eigenvalue weighted by Crippen LogP contribution is -2.27. The van der Waals surface area contributed by atoms with Gasteiger partial charge in [-0.05, 0) is 49.6 Å². The predicted octanol–water partition coefficient (Wildman–Crippen LogP) is 3.18. The first kappa shape index (κ1) is 20.8. The number of para-hydroxylation sites is 1. The number of hydrogen-bond donors (Lipinski definition) is 1. The molecule has 30 heavy (non-hydrogen) atoms. The second-order valence-corrected chi connectivity index (χ2v) is 10.3. The molecule has 3 aromatic rings. The lowest BCUT2D eigenvalue weighted by Gasteiger charge is -2.15. The van der Waals surface area contributed by atoms with Crippen molar-refractivity contribution in [3.63, 3.8) is 0 Å². The van der Waals surface area contributed by atoms with Crippen molar-refractivity contribution < 1.29 is 13.2 Å². The van der Waals surface area contributed by atoms with Crippen LogP contribution in [-0.4, -0.2) is 36.3 Å². The van der Waals surface area contributed by atoms with E-state index in [-0.39, 0.29) is 28.6 Å². The number of fused-ring (bicyclic) bond motifs is 1. The Balaban J connectivity index is 1.52. The number of benzene rings is 2. The molecule has 0 unspecified atom stereocenters. The summed E-state index contributed by atoms with van der Waals surface area (Å²) >= 11 is 1.00. The Hall–Kier alpha value is -2.49. The van der Waals surface area contributed by atoms with E-state index in [0.29, 0.717) is 23.3 Å². The minimum Gasteiger partial charge on any atom is -0.326 e. The highest BCUT2D eigenvalue weighted by molar-refractivity contribution is 7.89. The molecule has 0 aliphatic carbocycles. The van der Waals surface area contributed by atoms with Gasteiger partial charge < -0.3 is 5.32 Å². The van der Waals surface area contributed by atoms with Crippen LogP contribution in [0.25, 0.3) is 10.2 Å². The van der Waals surface area contributed by atoms with Gasteiger partial charge in [0, 0.05) is 31.7 Å². The van der Waals surface area contributed by atoms with Gasteiger partial charge >= 0.3 is 4.87 Å². The number of rotatable bonds is 6. The zero-order chi connectivity index (χ0) is 21.3. The van der Waals surface area contributed by atoms with Crippen LogP contribution in [0.4, 0.5) is 5.69 Å². The van der Waals surface area contributed by atoms with E-state index in [1.165, 1.54) is 8.87 Å². The maximum Gasteiger partial charge on any atom is 0.308 e. The highest BCUT2D eigenvalue weighted by Gasteiger charge is 2.27. The van der Waals surface area contributed by atoms with E-state index in [2.05, 4.69) is 5.32 Å². The minimum absolute atomic E-state index is 0.147. The van der Waals surface area contributed by atoms with Gasteiger partial charge in [0.15, 0.2) is 0 Å². The molecule has 7 nitrogen and oxygen atoms in total. The molecule has 1 fully saturated rings. The maximum absolute atomic E-state index is 12.8. The van der Waals surface area contributed by atoms with Crippen LogP contribution in [0.3, 0.4) is 0 Å². The Kier molecular flexibility index (Phi) is 5.77. The molecule has 0 atom stereocenters. The largest absolute Gasteiger partial charge is 0.326 e. The number of anilines is 1. The third-order valence-electron chi connectivity index (χ3n) is 5.32. The summed E-state index contributed by atoms with van der Waals surface area (Å²) in [6.45, 7) is 3.22. The lowest BCUT2D eigenvalue weighted by molar-refractivity contribution is -0.116. The van der Waals surface area contributed by atoms with Crippen LogP contribution in [0, 0.1) is 6.92 Å². The molecule has 0 bridgehead atoms. The number of aromatic nitrogens is 1. The highest BCUT2D eigenvalue weighted by atomic mass is 32.2. The van der Waals surface area contributed by atoms with E-state index in [4.69, 9.17) is 0 Å². The second kappa shape index (κ2) is 8.33. The summed E-state index contributed by atoms with van der Waals surface area (Å²) in [5.41, 5.74) is 2.37. The number of nitrogens with one attached hydrogen (secondary N) is 1. The molecule has 2 aromatic carbocycles. The molecule has 2 heterocycles. The van der Waals surface area contributed by atoms with Gasteiger partial charge in [-0.3, -0.25) is 14.2 Å². The summed E-state index contributed by atoms with van der Waals surface area (Å²) in [6, 6.07) is 12.3. The van der Waals surface area contributed by atoms with E-state index in [9.17, 15) is 18.0 Å². The average molecular weight is 446 g/mol. The average Bonchev–Trinajstić information content (AvgIpc) is 3.36.